The topological polar surface area (TPSA) is 48.1 Å². The Morgan fingerprint density at radius 3 is 2.67 bits per heavy atom. The lowest BCUT2D eigenvalue weighted by atomic mass is 9.81. The van der Waals surface area contributed by atoms with E-state index < -0.39 is 0 Å². The van der Waals surface area contributed by atoms with E-state index in [1.807, 2.05) is 12.3 Å². The van der Waals surface area contributed by atoms with Gasteiger partial charge in [-0.2, -0.15) is 0 Å². The monoisotopic (exact) mass is 248 g/mol. The third-order valence-corrected chi connectivity index (χ3v) is 4.25. The molecular formula is C15H24N2O. The Morgan fingerprint density at radius 1 is 1.17 bits per heavy atom. The van der Waals surface area contributed by atoms with E-state index in [0.29, 0.717) is 5.41 Å². The number of nitrogens with zero attached hydrogens (tertiary/aromatic N) is 1. The average molecular weight is 248 g/mol. The fraction of sp³-hybridized carbons (Fsp3) is 0.667. The third kappa shape index (κ3) is 2.83. The molecule has 1 saturated carbocycles. The molecule has 0 aliphatic heterocycles. The molecule has 0 bridgehead atoms. The fourth-order valence-corrected chi connectivity index (χ4v) is 2.79. The average Bonchev–Trinajstić information content (AvgIpc) is 2.50. The van der Waals surface area contributed by atoms with Crippen LogP contribution in [0.25, 0.3) is 0 Å². The van der Waals surface area contributed by atoms with E-state index in [0.717, 1.165) is 24.2 Å². The molecule has 0 aromatic carbocycles. The van der Waals surface area contributed by atoms with Gasteiger partial charge >= 0.3 is 0 Å². The lowest BCUT2D eigenvalue weighted by Crippen LogP contribution is -2.36. The molecule has 18 heavy (non-hydrogen) atoms. The highest BCUT2D eigenvalue weighted by Crippen LogP contribution is 2.41. The minimum absolute atomic E-state index is 0.241. The largest absolute Gasteiger partial charge is 0.495 e. The van der Waals surface area contributed by atoms with Crippen molar-refractivity contribution in [2.24, 2.45) is 11.1 Å². The Balaban J connectivity index is 2.24. The molecule has 100 valence electrons. The first-order valence-corrected chi connectivity index (χ1v) is 6.74. The second-order valence-electron chi connectivity index (χ2n) is 6.29. The molecule has 3 heteroatoms. The van der Waals surface area contributed by atoms with Gasteiger partial charge in [0.05, 0.1) is 13.3 Å². The molecule has 0 amide bonds. The van der Waals surface area contributed by atoms with Crippen LogP contribution >= 0.6 is 0 Å². The summed E-state index contributed by atoms with van der Waals surface area (Å²) in [7, 11) is 1.67. The quantitative estimate of drug-likeness (QED) is 0.817. The van der Waals surface area contributed by atoms with Gasteiger partial charge in [0.15, 0.2) is 0 Å². The number of methoxy groups -OCH3 is 1. The summed E-state index contributed by atoms with van der Waals surface area (Å²) in [5.41, 5.74) is 7.91. The van der Waals surface area contributed by atoms with Crippen LogP contribution in [0.2, 0.25) is 0 Å². The van der Waals surface area contributed by atoms with Crippen molar-refractivity contribution >= 4 is 0 Å². The Kier molecular flexibility index (Phi) is 3.62. The minimum Gasteiger partial charge on any atom is -0.495 e. The number of hydrogen-bond donors (Lipinski definition) is 1. The summed E-state index contributed by atoms with van der Waals surface area (Å²) in [6.07, 6.45) is 9.28. The van der Waals surface area contributed by atoms with Gasteiger partial charge in [-0.3, -0.25) is 4.98 Å². The summed E-state index contributed by atoms with van der Waals surface area (Å²) < 4.78 is 5.24. The van der Waals surface area contributed by atoms with Crippen LogP contribution in [0.15, 0.2) is 18.5 Å². The van der Waals surface area contributed by atoms with E-state index in [-0.39, 0.29) is 5.54 Å². The smallest absolute Gasteiger partial charge is 0.137 e. The SMILES string of the molecule is COc1cncc(C2(N)CCCC(C)(C)CC2)c1. The van der Waals surface area contributed by atoms with Gasteiger partial charge in [-0.25, -0.2) is 0 Å². The summed E-state index contributed by atoms with van der Waals surface area (Å²) >= 11 is 0. The Morgan fingerprint density at radius 2 is 1.94 bits per heavy atom. The first-order valence-electron chi connectivity index (χ1n) is 6.74. The number of aromatic nitrogens is 1. The molecule has 1 aromatic rings. The van der Waals surface area contributed by atoms with E-state index in [1.165, 1.54) is 19.3 Å². The normalized spacial score (nSPS) is 27.6. The van der Waals surface area contributed by atoms with Gasteiger partial charge < -0.3 is 10.5 Å². The molecule has 1 unspecified atom stereocenters. The molecule has 2 rings (SSSR count). The maximum atomic E-state index is 6.63. The van der Waals surface area contributed by atoms with Crippen molar-refractivity contribution in [2.45, 2.75) is 51.5 Å². The summed E-state index contributed by atoms with van der Waals surface area (Å²) in [5.74, 6) is 0.792. The number of ether oxygens (including phenoxy) is 1. The second kappa shape index (κ2) is 4.88. The van der Waals surface area contributed by atoms with Gasteiger partial charge in [0, 0.05) is 11.7 Å². The Bertz CT molecular complexity index is 417. The first kappa shape index (κ1) is 13.3. The molecule has 0 saturated heterocycles. The van der Waals surface area contributed by atoms with Gasteiger partial charge in [-0.1, -0.05) is 20.3 Å². The molecule has 1 aliphatic carbocycles. The standard InChI is InChI=1S/C15H24N2O/c1-14(2)5-4-6-15(16,8-7-14)12-9-13(18-3)11-17-10-12/h9-11H,4-8,16H2,1-3H3. The molecule has 3 nitrogen and oxygen atoms in total. The third-order valence-electron chi connectivity index (χ3n) is 4.25. The fourth-order valence-electron chi connectivity index (χ4n) is 2.79. The van der Waals surface area contributed by atoms with Crippen molar-refractivity contribution in [1.29, 1.82) is 0 Å². The molecule has 1 fully saturated rings. The van der Waals surface area contributed by atoms with Crippen LogP contribution in [0, 0.1) is 5.41 Å². The predicted octanol–water partition coefficient (Wildman–Crippen LogP) is 3.23. The number of nitrogens with two attached hydrogens (primary N) is 1. The van der Waals surface area contributed by atoms with Crippen LogP contribution in [-0.2, 0) is 5.54 Å². The van der Waals surface area contributed by atoms with Crippen LogP contribution in [0.1, 0.15) is 51.5 Å². The predicted molar refractivity (Wildman–Crippen MR) is 73.5 cm³/mol. The zero-order valence-corrected chi connectivity index (χ0v) is 11.7. The summed E-state index contributed by atoms with van der Waals surface area (Å²) in [6.45, 7) is 4.67. The van der Waals surface area contributed by atoms with Gasteiger partial charge in [0.1, 0.15) is 5.75 Å². The molecule has 1 aliphatic rings. The lowest BCUT2D eigenvalue weighted by Gasteiger charge is -2.29. The molecule has 2 N–H and O–H groups in total. The van der Waals surface area contributed by atoms with Crippen molar-refractivity contribution < 1.29 is 4.74 Å². The maximum Gasteiger partial charge on any atom is 0.137 e. The Labute approximate surface area is 110 Å². The van der Waals surface area contributed by atoms with Crippen LogP contribution in [-0.4, -0.2) is 12.1 Å². The van der Waals surface area contributed by atoms with Crippen LogP contribution in [0.3, 0.4) is 0 Å². The van der Waals surface area contributed by atoms with Crippen LogP contribution in [0.5, 0.6) is 5.75 Å². The van der Waals surface area contributed by atoms with Gasteiger partial charge in [0.25, 0.3) is 0 Å². The van der Waals surface area contributed by atoms with Crippen molar-refractivity contribution in [1.82, 2.24) is 4.98 Å². The molecule has 1 atom stereocenters. The second-order valence-corrected chi connectivity index (χ2v) is 6.29. The van der Waals surface area contributed by atoms with Crippen molar-refractivity contribution in [3.8, 4) is 5.75 Å². The van der Waals surface area contributed by atoms with Gasteiger partial charge in [-0.05, 0) is 42.7 Å². The van der Waals surface area contributed by atoms with Gasteiger partial charge in [0.2, 0.25) is 0 Å². The first-order chi connectivity index (χ1) is 8.45. The minimum atomic E-state index is -0.241. The molecule has 1 aromatic heterocycles. The van der Waals surface area contributed by atoms with Crippen molar-refractivity contribution in [2.75, 3.05) is 7.11 Å². The summed E-state index contributed by atoms with van der Waals surface area (Å²) in [5, 5.41) is 0. The number of hydrogen-bond acceptors (Lipinski definition) is 3. The molecular weight excluding hydrogens is 224 g/mol. The number of rotatable bonds is 2. The van der Waals surface area contributed by atoms with E-state index in [4.69, 9.17) is 10.5 Å². The van der Waals surface area contributed by atoms with Crippen molar-refractivity contribution in [3.05, 3.63) is 24.0 Å². The molecule has 1 heterocycles. The molecule has 0 spiro atoms. The highest BCUT2D eigenvalue weighted by molar-refractivity contribution is 5.29. The lowest BCUT2D eigenvalue weighted by molar-refractivity contribution is 0.298. The number of pyridine rings is 1. The van der Waals surface area contributed by atoms with Crippen molar-refractivity contribution in [3.63, 3.8) is 0 Å². The maximum absolute atomic E-state index is 6.63. The Hall–Kier alpha value is -1.09. The van der Waals surface area contributed by atoms with Crippen LogP contribution < -0.4 is 10.5 Å². The van der Waals surface area contributed by atoms with Crippen LogP contribution in [0.4, 0.5) is 0 Å². The van der Waals surface area contributed by atoms with E-state index in [1.54, 1.807) is 13.3 Å². The van der Waals surface area contributed by atoms with Gasteiger partial charge in [-0.15, -0.1) is 0 Å². The molecule has 0 radical (unpaired) electrons. The zero-order chi connectivity index (χ0) is 13.2. The highest BCUT2D eigenvalue weighted by atomic mass is 16.5. The zero-order valence-electron chi connectivity index (χ0n) is 11.7. The summed E-state index contributed by atoms with van der Waals surface area (Å²) in [6, 6.07) is 2.03. The van der Waals surface area contributed by atoms with E-state index in [9.17, 15) is 0 Å². The highest BCUT2D eigenvalue weighted by Gasteiger charge is 2.34. The van der Waals surface area contributed by atoms with E-state index >= 15 is 0 Å². The van der Waals surface area contributed by atoms with E-state index in [2.05, 4.69) is 18.8 Å². The summed E-state index contributed by atoms with van der Waals surface area (Å²) in [4.78, 5) is 4.24.